The summed E-state index contributed by atoms with van der Waals surface area (Å²) in [6, 6.07) is 4.59. The minimum Gasteiger partial charge on any atom is -0.481 e. The van der Waals surface area contributed by atoms with Crippen LogP contribution in [0.1, 0.15) is 13.3 Å². The Balaban J connectivity index is 2.22. The van der Waals surface area contributed by atoms with Crippen molar-refractivity contribution in [3.05, 3.63) is 28.5 Å². The van der Waals surface area contributed by atoms with E-state index in [2.05, 4.69) is 31.5 Å². The van der Waals surface area contributed by atoms with Gasteiger partial charge in [0.1, 0.15) is 5.82 Å². The van der Waals surface area contributed by atoms with Crippen molar-refractivity contribution in [1.29, 1.82) is 0 Å². The first-order valence-corrected chi connectivity index (χ1v) is 6.72. The van der Waals surface area contributed by atoms with Crippen molar-refractivity contribution in [3.63, 3.8) is 0 Å². The molecule has 1 aromatic carbocycles. The van der Waals surface area contributed by atoms with Gasteiger partial charge in [0, 0.05) is 11.0 Å². The van der Waals surface area contributed by atoms with Crippen LogP contribution in [0.25, 0.3) is 11.4 Å². The SMILES string of the molecule is CC(CCn1nnnc1-c1ccc(Br)cc1F)C(=O)O. The quantitative estimate of drug-likeness (QED) is 0.901. The van der Waals surface area contributed by atoms with E-state index in [-0.39, 0.29) is 11.4 Å². The molecule has 2 rings (SSSR count). The highest BCUT2D eigenvalue weighted by molar-refractivity contribution is 9.10. The first-order valence-electron chi connectivity index (χ1n) is 5.93. The molecule has 1 unspecified atom stereocenters. The van der Waals surface area contributed by atoms with Crippen LogP contribution in [0.5, 0.6) is 0 Å². The van der Waals surface area contributed by atoms with Crippen molar-refractivity contribution >= 4 is 21.9 Å². The predicted molar refractivity (Wildman–Crippen MR) is 72.3 cm³/mol. The van der Waals surface area contributed by atoms with Crippen molar-refractivity contribution in [2.24, 2.45) is 5.92 Å². The second-order valence-electron chi connectivity index (χ2n) is 4.38. The van der Waals surface area contributed by atoms with Crippen molar-refractivity contribution in [3.8, 4) is 11.4 Å². The van der Waals surface area contributed by atoms with E-state index in [9.17, 15) is 9.18 Å². The largest absolute Gasteiger partial charge is 0.481 e. The van der Waals surface area contributed by atoms with Crippen LogP contribution in [-0.4, -0.2) is 31.3 Å². The van der Waals surface area contributed by atoms with Gasteiger partial charge in [0.2, 0.25) is 0 Å². The third-order valence-electron chi connectivity index (χ3n) is 2.90. The second-order valence-corrected chi connectivity index (χ2v) is 5.29. The molecule has 0 aliphatic carbocycles. The van der Waals surface area contributed by atoms with Crippen LogP contribution >= 0.6 is 15.9 Å². The van der Waals surface area contributed by atoms with Crippen LogP contribution in [0, 0.1) is 11.7 Å². The molecule has 8 heteroatoms. The smallest absolute Gasteiger partial charge is 0.306 e. The zero-order valence-electron chi connectivity index (χ0n) is 10.6. The van der Waals surface area contributed by atoms with Crippen LogP contribution in [0.4, 0.5) is 4.39 Å². The molecular formula is C12H12BrFN4O2. The number of aliphatic carboxylic acids is 1. The Bertz CT molecular complexity index is 632. The normalized spacial score (nSPS) is 12.3. The molecular weight excluding hydrogens is 331 g/mol. The molecule has 0 saturated carbocycles. The van der Waals surface area contributed by atoms with E-state index in [4.69, 9.17) is 5.11 Å². The number of carbonyl (C=O) groups is 1. The van der Waals surface area contributed by atoms with Crippen molar-refractivity contribution in [1.82, 2.24) is 20.2 Å². The lowest BCUT2D eigenvalue weighted by Gasteiger charge is -2.08. The summed E-state index contributed by atoms with van der Waals surface area (Å²) in [4.78, 5) is 10.8. The molecule has 2 aromatic rings. The molecule has 1 N–H and O–H groups in total. The first-order chi connectivity index (χ1) is 9.49. The van der Waals surface area contributed by atoms with E-state index >= 15 is 0 Å². The molecule has 0 aliphatic rings. The molecule has 0 bridgehead atoms. The Morgan fingerprint density at radius 2 is 2.30 bits per heavy atom. The fraction of sp³-hybridized carbons (Fsp3) is 0.333. The van der Waals surface area contributed by atoms with Gasteiger partial charge in [0.25, 0.3) is 0 Å². The summed E-state index contributed by atoms with van der Waals surface area (Å²) in [7, 11) is 0. The molecule has 1 atom stereocenters. The van der Waals surface area contributed by atoms with Gasteiger partial charge in [-0.3, -0.25) is 4.79 Å². The Hall–Kier alpha value is -1.83. The number of benzene rings is 1. The van der Waals surface area contributed by atoms with Gasteiger partial charge >= 0.3 is 5.97 Å². The van der Waals surface area contributed by atoms with Crippen molar-refractivity contribution < 1.29 is 14.3 Å². The topological polar surface area (TPSA) is 80.9 Å². The highest BCUT2D eigenvalue weighted by Gasteiger charge is 2.16. The predicted octanol–water partition coefficient (Wildman–Crippen LogP) is 2.35. The van der Waals surface area contributed by atoms with Gasteiger partial charge in [-0.1, -0.05) is 22.9 Å². The lowest BCUT2D eigenvalue weighted by molar-refractivity contribution is -0.141. The highest BCUT2D eigenvalue weighted by atomic mass is 79.9. The number of nitrogens with zero attached hydrogens (tertiary/aromatic N) is 4. The maximum Gasteiger partial charge on any atom is 0.306 e. The van der Waals surface area contributed by atoms with Crippen molar-refractivity contribution in [2.75, 3.05) is 0 Å². The monoisotopic (exact) mass is 342 g/mol. The zero-order chi connectivity index (χ0) is 14.7. The summed E-state index contributed by atoms with van der Waals surface area (Å²) in [5, 5.41) is 19.9. The molecule has 106 valence electrons. The Labute approximate surface area is 122 Å². The summed E-state index contributed by atoms with van der Waals surface area (Å²) < 4.78 is 15.9. The van der Waals surface area contributed by atoms with Gasteiger partial charge in [-0.05, 0) is 35.0 Å². The Kier molecular flexibility index (Phi) is 4.43. The van der Waals surface area contributed by atoms with E-state index in [1.165, 1.54) is 10.7 Å². The molecule has 0 spiro atoms. The van der Waals surface area contributed by atoms with Gasteiger partial charge in [-0.15, -0.1) is 5.10 Å². The van der Waals surface area contributed by atoms with Crippen LogP contribution in [0.3, 0.4) is 0 Å². The summed E-state index contributed by atoms with van der Waals surface area (Å²) >= 11 is 3.18. The molecule has 20 heavy (non-hydrogen) atoms. The minimum absolute atomic E-state index is 0.279. The number of halogens is 2. The van der Waals surface area contributed by atoms with Crippen LogP contribution in [-0.2, 0) is 11.3 Å². The van der Waals surface area contributed by atoms with E-state index in [0.717, 1.165) is 0 Å². The maximum atomic E-state index is 13.9. The van der Waals surface area contributed by atoms with Crippen LogP contribution in [0.2, 0.25) is 0 Å². The van der Waals surface area contributed by atoms with Gasteiger partial charge in [0.15, 0.2) is 5.82 Å². The first kappa shape index (κ1) is 14.6. The number of aryl methyl sites for hydroxylation is 1. The summed E-state index contributed by atoms with van der Waals surface area (Å²) in [5.41, 5.74) is 0.279. The molecule has 1 aromatic heterocycles. The number of carboxylic acids is 1. The van der Waals surface area contributed by atoms with E-state index in [0.29, 0.717) is 17.4 Å². The molecule has 0 fully saturated rings. The lowest BCUT2D eigenvalue weighted by atomic mass is 10.1. The van der Waals surface area contributed by atoms with E-state index < -0.39 is 17.7 Å². The number of rotatable bonds is 5. The van der Waals surface area contributed by atoms with E-state index in [1.54, 1.807) is 19.1 Å². The second kappa shape index (κ2) is 6.08. The molecule has 6 nitrogen and oxygen atoms in total. The van der Waals surface area contributed by atoms with Crippen LogP contribution < -0.4 is 0 Å². The maximum absolute atomic E-state index is 13.9. The fourth-order valence-corrected chi connectivity index (χ4v) is 1.99. The highest BCUT2D eigenvalue weighted by Crippen LogP contribution is 2.23. The van der Waals surface area contributed by atoms with Gasteiger partial charge in [0.05, 0.1) is 11.5 Å². The lowest BCUT2D eigenvalue weighted by Crippen LogP contribution is -2.14. The average Bonchev–Trinajstić information content (AvgIpc) is 2.84. The van der Waals surface area contributed by atoms with Crippen LogP contribution in [0.15, 0.2) is 22.7 Å². The van der Waals surface area contributed by atoms with Crippen molar-refractivity contribution in [2.45, 2.75) is 19.9 Å². The summed E-state index contributed by atoms with van der Waals surface area (Å²) in [5.74, 6) is -1.55. The minimum atomic E-state index is -0.880. The molecule has 0 aliphatic heterocycles. The Morgan fingerprint density at radius 3 is 2.95 bits per heavy atom. The van der Waals surface area contributed by atoms with Gasteiger partial charge in [-0.2, -0.15) is 0 Å². The number of aromatic nitrogens is 4. The number of tetrazole rings is 1. The standard InChI is InChI=1S/C12H12BrFN4O2/c1-7(12(19)20)4-5-18-11(15-16-17-18)9-3-2-8(13)6-10(9)14/h2-3,6-7H,4-5H2,1H3,(H,19,20). The number of hydrogen-bond donors (Lipinski definition) is 1. The van der Waals surface area contributed by atoms with E-state index in [1.807, 2.05) is 0 Å². The third-order valence-corrected chi connectivity index (χ3v) is 3.39. The average molecular weight is 343 g/mol. The molecule has 1 heterocycles. The number of carboxylic acid groups (broad SMARTS) is 1. The molecule has 0 amide bonds. The van der Waals surface area contributed by atoms with Gasteiger partial charge in [-0.25, -0.2) is 9.07 Å². The summed E-state index contributed by atoms with van der Waals surface area (Å²) in [6.07, 6.45) is 0.367. The molecule has 0 saturated heterocycles. The molecule has 0 radical (unpaired) electrons. The Morgan fingerprint density at radius 1 is 1.55 bits per heavy atom. The summed E-state index contributed by atoms with van der Waals surface area (Å²) in [6.45, 7) is 1.91. The fourth-order valence-electron chi connectivity index (χ4n) is 1.66. The van der Waals surface area contributed by atoms with Gasteiger partial charge < -0.3 is 5.11 Å². The number of hydrogen-bond acceptors (Lipinski definition) is 4. The third kappa shape index (κ3) is 3.19. The zero-order valence-corrected chi connectivity index (χ0v) is 12.2.